The first kappa shape index (κ1) is 15.2. The number of fused-ring (bicyclic) bond motifs is 3. The molecular weight excluding hydrogens is 332 g/mol. The van der Waals surface area contributed by atoms with Gasteiger partial charge < -0.3 is 4.42 Å². The fraction of sp³-hybridized carbons (Fsp3) is 0. The lowest BCUT2D eigenvalue weighted by atomic mass is 10.1. The minimum absolute atomic E-state index is 0.956. The molecule has 5 aromatic rings. The summed E-state index contributed by atoms with van der Waals surface area (Å²) in [6.07, 6.45) is 0. The second kappa shape index (κ2) is 6.32. The van der Waals surface area contributed by atoms with Gasteiger partial charge in [0.25, 0.3) is 0 Å². The smallest absolute Gasteiger partial charge is 0.159 e. The van der Waals surface area contributed by atoms with Crippen molar-refractivity contribution in [2.75, 3.05) is 0 Å². The highest BCUT2D eigenvalue weighted by molar-refractivity contribution is 6.96. The van der Waals surface area contributed by atoms with Crippen LogP contribution in [0.4, 0.5) is 0 Å². The maximum absolute atomic E-state index is 6.33. The van der Waals surface area contributed by atoms with Gasteiger partial charge in [0.05, 0.1) is 0 Å². The molecule has 0 N–H and O–H groups in total. The van der Waals surface area contributed by atoms with E-state index in [0.29, 0.717) is 0 Å². The van der Waals surface area contributed by atoms with Crippen LogP contribution in [0.3, 0.4) is 0 Å². The Morgan fingerprint density at radius 2 is 1.08 bits per heavy atom. The van der Waals surface area contributed by atoms with Gasteiger partial charge in [0, 0.05) is 10.8 Å². The van der Waals surface area contributed by atoms with Gasteiger partial charge in [0.15, 0.2) is 8.80 Å². The van der Waals surface area contributed by atoms with Gasteiger partial charge in [-0.3, -0.25) is 0 Å². The summed E-state index contributed by atoms with van der Waals surface area (Å²) >= 11 is 0. The first-order chi connectivity index (χ1) is 12.9. The summed E-state index contributed by atoms with van der Waals surface area (Å²) in [7, 11) is -1.14. The molecule has 26 heavy (non-hydrogen) atoms. The Bertz CT molecular complexity index is 1140. The molecule has 0 aliphatic rings. The number of rotatable bonds is 3. The third kappa shape index (κ3) is 2.47. The van der Waals surface area contributed by atoms with Gasteiger partial charge in [-0.05, 0) is 11.3 Å². The van der Waals surface area contributed by atoms with Gasteiger partial charge in [-0.15, -0.1) is 0 Å². The zero-order valence-electron chi connectivity index (χ0n) is 14.2. The second-order valence-electron chi connectivity index (χ2n) is 6.39. The monoisotopic (exact) mass is 349 g/mol. The largest absolute Gasteiger partial charge is 0.456 e. The highest BCUT2D eigenvalue weighted by atomic mass is 28.3. The van der Waals surface area contributed by atoms with Crippen molar-refractivity contribution < 1.29 is 4.42 Å². The SMILES string of the molecule is c1ccc([Si](c2ccccc2)c2cccc3c2oc2ccccc23)cc1. The third-order valence-electron chi connectivity index (χ3n) is 4.80. The van der Waals surface area contributed by atoms with Crippen molar-refractivity contribution in [2.24, 2.45) is 0 Å². The summed E-state index contributed by atoms with van der Waals surface area (Å²) in [4.78, 5) is 0. The standard InChI is InChI=1S/C24H17OSi/c1-3-10-18(11-4-1)26(19-12-5-2-6-13-19)23-17-9-15-21-20-14-7-8-16-22(20)25-24(21)23/h1-17H. The van der Waals surface area contributed by atoms with E-state index in [0.717, 1.165) is 11.2 Å². The number of benzene rings is 4. The van der Waals surface area contributed by atoms with E-state index in [-0.39, 0.29) is 0 Å². The molecule has 1 heterocycles. The molecule has 123 valence electrons. The number of hydrogen-bond acceptors (Lipinski definition) is 1. The molecule has 1 radical (unpaired) electrons. The van der Waals surface area contributed by atoms with Crippen molar-refractivity contribution in [3.63, 3.8) is 0 Å². The minimum atomic E-state index is -1.14. The molecule has 0 saturated heterocycles. The van der Waals surface area contributed by atoms with E-state index in [9.17, 15) is 0 Å². The van der Waals surface area contributed by atoms with Gasteiger partial charge >= 0.3 is 0 Å². The third-order valence-corrected chi connectivity index (χ3v) is 7.55. The van der Waals surface area contributed by atoms with Gasteiger partial charge in [-0.25, -0.2) is 0 Å². The molecule has 0 aliphatic heterocycles. The molecule has 0 amide bonds. The quantitative estimate of drug-likeness (QED) is 0.353. The van der Waals surface area contributed by atoms with E-state index in [1.54, 1.807) is 0 Å². The Kier molecular flexibility index (Phi) is 3.69. The maximum Gasteiger partial charge on any atom is 0.159 e. The van der Waals surface area contributed by atoms with Gasteiger partial charge in [0.2, 0.25) is 0 Å². The van der Waals surface area contributed by atoms with E-state index < -0.39 is 8.80 Å². The average Bonchev–Trinajstić information content (AvgIpc) is 3.10. The van der Waals surface area contributed by atoms with Crippen molar-refractivity contribution in [3.8, 4) is 0 Å². The van der Waals surface area contributed by atoms with E-state index in [4.69, 9.17) is 4.42 Å². The predicted molar refractivity (Wildman–Crippen MR) is 111 cm³/mol. The normalized spacial score (nSPS) is 11.4. The van der Waals surface area contributed by atoms with Crippen molar-refractivity contribution in [3.05, 3.63) is 103 Å². The van der Waals surface area contributed by atoms with E-state index in [1.165, 1.54) is 26.3 Å². The van der Waals surface area contributed by atoms with E-state index >= 15 is 0 Å². The summed E-state index contributed by atoms with van der Waals surface area (Å²) in [6, 6.07) is 36.5. The fourth-order valence-corrected chi connectivity index (χ4v) is 6.31. The van der Waals surface area contributed by atoms with Crippen LogP contribution in [0.15, 0.2) is 108 Å². The summed E-state index contributed by atoms with van der Waals surface area (Å²) in [5.74, 6) is 0. The highest BCUT2D eigenvalue weighted by Crippen LogP contribution is 2.27. The molecular formula is C24H17OSi. The lowest BCUT2D eigenvalue weighted by Crippen LogP contribution is -2.52. The topological polar surface area (TPSA) is 13.1 Å². The van der Waals surface area contributed by atoms with Crippen LogP contribution in [0.5, 0.6) is 0 Å². The summed E-state index contributed by atoms with van der Waals surface area (Å²) in [6.45, 7) is 0. The Morgan fingerprint density at radius 1 is 0.500 bits per heavy atom. The zero-order valence-corrected chi connectivity index (χ0v) is 15.2. The first-order valence-corrected chi connectivity index (χ1v) is 10.3. The molecule has 0 atom stereocenters. The first-order valence-electron chi connectivity index (χ1n) is 8.80. The van der Waals surface area contributed by atoms with Crippen LogP contribution in [-0.4, -0.2) is 8.80 Å². The zero-order chi connectivity index (χ0) is 17.3. The molecule has 0 saturated carbocycles. The molecule has 0 spiro atoms. The molecule has 5 rings (SSSR count). The van der Waals surface area contributed by atoms with Crippen LogP contribution in [0, 0.1) is 0 Å². The van der Waals surface area contributed by atoms with Crippen molar-refractivity contribution in [1.82, 2.24) is 0 Å². The van der Waals surface area contributed by atoms with Crippen molar-refractivity contribution >= 4 is 46.3 Å². The van der Waals surface area contributed by atoms with E-state index in [1.807, 2.05) is 6.07 Å². The van der Waals surface area contributed by atoms with Gasteiger partial charge in [-0.2, -0.15) is 0 Å². The van der Waals surface area contributed by atoms with Gasteiger partial charge in [-0.1, -0.05) is 107 Å². The minimum Gasteiger partial charge on any atom is -0.456 e. The number of hydrogen-bond donors (Lipinski definition) is 0. The Balaban J connectivity index is 1.82. The second-order valence-corrected chi connectivity index (χ2v) is 8.83. The molecule has 4 aromatic carbocycles. The molecule has 1 nitrogen and oxygen atoms in total. The average molecular weight is 349 g/mol. The van der Waals surface area contributed by atoms with E-state index in [2.05, 4.69) is 97.1 Å². The molecule has 0 unspecified atom stereocenters. The number of furan rings is 1. The Morgan fingerprint density at radius 3 is 1.77 bits per heavy atom. The Labute approximate surface area is 154 Å². The lowest BCUT2D eigenvalue weighted by Gasteiger charge is -2.16. The summed E-state index contributed by atoms with van der Waals surface area (Å²) < 4.78 is 6.33. The summed E-state index contributed by atoms with van der Waals surface area (Å²) in [5, 5.41) is 6.44. The summed E-state index contributed by atoms with van der Waals surface area (Å²) in [5.41, 5.74) is 1.98. The van der Waals surface area contributed by atoms with Crippen LogP contribution in [0.25, 0.3) is 21.9 Å². The molecule has 0 aliphatic carbocycles. The van der Waals surface area contributed by atoms with Crippen molar-refractivity contribution in [2.45, 2.75) is 0 Å². The van der Waals surface area contributed by atoms with Crippen LogP contribution in [0.2, 0.25) is 0 Å². The molecule has 1 aromatic heterocycles. The van der Waals surface area contributed by atoms with Crippen LogP contribution in [-0.2, 0) is 0 Å². The fourth-order valence-electron chi connectivity index (χ4n) is 3.63. The molecule has 0 fully saturated rings. The highest BCUT2D eigenvalue weighted by Gasteiger charge is 2.23. The van der Waals surface area contributed by atoms with Crippen LogP contribution in [0.1, 0.15) is 0 Å². The maximum atomic E-state index is 6.33. The molecule has 2 heteroatoms. The predicted octanol–water partition coefficient (Wildman–Crippen LogP) is 4.10. The number of para-hydroxylation sites is 2. The van der Waals surface area contributed by atoms with Crippen molar-refractivity contribution in [1.29, 1.82) is 0 Å². The van der Waals surface area contributed by atoms with Gasteiger partial charge in [0.1, 0.15) is 11.2 Å². The van der Waals surface area contributed by atoms with Crippen LogP contribution >= 0.6 is 0 Å². The van der Waals surface area contributed by atoms with Crippen LogP contribution < -0.4 is 15.6 Å². The Hall–Kier alpha value is -3.10. The lowest BCUT2D eigenvalue weighted by molar-refractivity contribution is 0.671. The molecule has 0 bridgehead atoms.